The second kappa shape index (κ2) is 7.01. The van der Waals surface area contributed by atoms with Gasteiger partial charge in [0.1, 0.15) is 5.75 Å². The van der Waals surface area contributed by atoms with E-state index in [0.29, 0.717) is 19.6 Å². The topological polar surface area (TPSA) is 61.8 Å². The van der Waals surface area contributed by atoms with Crippen LogP contribution in [0.2, 0.25) is 0 Å². The van der Waals surface area contributed by atoms with Crippen LogP contribution in [0.25, 0.3) is 0 Å². The van der Waals surface area contributed by atoms with Crippen LogP contribution in [-0.4, -0.2) is 48.9 Å². The summed E-state index contributed by atoms with van der Waals surface area (Å²) in [5.41, 5.74) is 1.13. The van der Waals surface area contributed by atoms with Crippen molar-refractivity contribution in [3.8, 4) is 5.75 Å². The maximum atomic E-state index is 11.9. The molecule has 0 saturated carbocycles. The summed E-state index contributed by atoms with van der Waals surface area (Å²) in [5, 5.41) is 12.2. The lowest BCUT2D eigenvalue weighted by atomic mass is 9.77. The Labute approximate surface area is 132 Å². The molecular formula is C17H26N2O3. The second-order valence-corrected chi connectivity index (χ2v) is 6.16. The van der Waals surface area contributed by atoms with E-state index in [1.165, 1.54) is 5.56 Å². The van der Waals surface area contributed by atoms with Gasteiger partial charge in [-0.25, -0.2) is 4.79 Å². The molecule has 1 aliphatic heterocycles. The number of hydrogen-bond donors (Lipinski definition) is 2. The molecule has 5 nitrogen and oxygen atoms in total. The highest BCUT2D eigenvalue weighted by Gasteiger charge is 2.30. The molecule has 1 aromatic rings. The number of rotatable bonds is 6. The van der Waals surface area contributed by atoms with Gasteiger partial charge in [0.05, 0.1) is 26.3 Å². The molecule has 2 amide bonds. The van der Waals surface area contributed by atoms with Crippen LogP contribution >= 0.6 is 0 Å². The predicted octanol–water partition coefficient (Wildman–Crippen LogP) is 2.14. The zero-order chi connectivity index (χ0) is 16.2. The summed E-state index contributed by atoms with van der Waals surface area (Å²) < 4.78 is 5.47. The average Bonchev–Trinajstić information content (AvgIpc) is 2.51. The maximum absolute atomic E-state index is 11.9. The molecule has 22 heavy (non-hydrogen) atoms. The van der Waals surface area contributed by atoms with Gasteiger partial charge in [-0.15, -0.1) is 0 Å². The minimum Gasteiger partial charge on any atom is -0.496 e. The first-order chi connectivity index (χ1) is 10.5. The van der Waals surface area contributed by atoms with Gasteiger partial charge in [-0.3, -0.25) is 0 Å². The highest BCUT2D eigenvalue weighted by molar-refractivity contribution is 5.75. The van der Waals surface area contributed by atoms with Crippen LogP contribution in [0.1, 0.15) is 32.3 Å². The quantitative estimate of drug-likeness (QED) is 0.846. The molecule has 0 aliphatic carbocycles. The van der Waals surface area contributed by atoms with Gasteiger partial charge < -0.3 is 20.1 Å². The zero-order valence-electron chi connectivity index (χ0n) is 13.6. The SMILES string of the molecule is CCC(C)(CCNC(=O)N1CC(O)C1)c1ccccc1OC. The Morgan fingerprint density at radius 2 is 2.14 bits per heavy atom. The molecule has 0 spiro atoms. The first kappa shape index (κ1) is 16.6. The molecule has 1 unspecified atom stereocenters. The van der Waals surface area contributed by atoms with Gasteiger partial charge in [0.2, 0.25) is 0 Å². The Morgan fingerprint density at radius 3 is 2.73 bits per heavy atom. The smallest absolute Gasteiger partial charge is 0.317 e. The number of para-hydroxylation sites is 1. The number of benzene rings is 1. The number of nitrogens with zero attached hydrogens (tertiary/aromatic N) is 1. The lowest BCUT2D eigenvalue weighted by molar-refractivity contribution is 0.0265. The number of nitrogens with one attached hydrogen (secondary N) is 1. The molecule has 122 valence electrons. The van der Waals surface area contributed by atoms with Crippen molar-refractivity contribution in [1.29, 1.82) is 0 Å². The lowest BCUT2D eigenvalue weighted by Gasteiger charge is -2.36. The van der Waals surface area contributed by atoms with Crippen LogP contribution in [-0.2, 0) is 5.41 Å². The molecule has 0 aromatic heterocycles. The molecule has 1 atom stereocenters. The third kappa shape index (κ3) is 3.53. The molecule has 0 radical (unpaired) electrons. The van der Waals surface area contributed by atoms with Crippen LogP contribution in [0.5, 0.6) is 5.75 Å². The van der Waals surface area contributed by atoms with Gasteiger partial charge in [-0.05, 0) is 24.3 Å². The van der Waals surface area contributed by atoms with Crippen LogP contribution in [0.15, 0.2) is 24.3 Å². The van der Waals surface area contributed by atoms with Crippen LogP contribution in [0.3, 0.4) is 0 Å². The lowest BCUT2D eigenvalue weighted by Crippen LogP contribution is -2.56. The number of aliphatic hydroxyl groups excluding tert-OH is 1. The summed E-state index contributed by atoms with van der Waals surface area (Å²) in [5.74, 6) is 0.893. The third-order valence-corrected chi connectivity index (χ3v) is 4.64. The van der Waals surface area contributed by atoms with E-state index in [-0.39, 0.29) is 17.6 Å². The van der Waals surface area contributed by atoms with E-state index in [1.54, 1.807) is 12.0 Å². The standard InChI is InChI=1S/C17H26N2O3/c1-4-17(2,14-7-5-6-8-15(14)22-3)9-10-18-16(21)19-11-13(20)12-19/h5-8,13,20H,4,9-12H2,1-3H3,(H,18,21). The van der Waals surface area contributed by atoms with E-state index in [4.69, 9.17) is 4.74 Å². The molecule has 1 aliphatic rings. The Balaban J connectivity index is 1.94. The summed E-state index contributed by atoms with van der Waals surface area (Å²) in [6.45, 7) is 5.82. The molecule has 1 fully saturated rings. The van der Waals surface area contributed by atoms with Crippen molar-refractivity contribution in [3.63, 3.8) is 0 Å². The van der Waals surface area contributed by atoms with Gasteiger partial charge in [0.15, 0.2) is 0 Å². The van der Waals surface area contributed by atoms with Gasteiger partial charge >= 0.3 is 6.03 Å². The number of methoxy groups -OCH3 is 1. The predicted molar refractivity (Wildman–Crippen MR) is 86.2 cm³/mol. The highest BCUT2D eigenvalue weighted by Crippen LogP contribution is 2.36. The van der Waals surface area contributed by atoms with Crippen LogP contribution in [0, 0.1) is 0 Å². The summed E-state index contributed by atoms with van der Waals surface area (Å²) in [7, 11) is 1.69. The molecular weight excluding hydrogens is 280 g/mol. The third-order valence-electron chi connectivity index (χ3n) is 4.64. The minimum atomic E-state index is -0.361. The van der Waals surface area contributed by atoms with E-state index >= 15 is 0 Å². The van der Waals surface area contributed by atoms with Crippen molar-refractivity contribution in [2.75, 3.05) is 26.7 Å². The number of ether oxygens (including phenoxy) is 1. The molecule has 1 aromatic carbocycles. The first-order valence-electron chi connectivity index (χ1n) is 7.84. The average molecular weight is 306 g/mol. The van der Waals surface area contributed by atoms with E-state index in [2.05, 4.69) is 25.2 Å². The van der Waals surface area contributed by atoms with Crippen molar-refractivity contribution in [2.45, 2.75) is 38.2 Å². The molecule has 1 heterocycles. The number of carbonyl (C=O) groups is 1. The van der Waals surface area contributed by atoms with Crippen molar-refractivity contribution in [2.24, 2.45) is 0 Å². The summed E-state index contributed by atoms with van der Waals surface area (Å²) in [6.07, 6.45) is 1.44. The monoisotopic (exact) mass is 306 g/mol. The van der Waals surface area contributed by atoms with Crippen molar-refractivity contribution in [3.05, 3.63) is 29.8 Å². The zero-order valence-corrected chi connectivity index (χ0v) is 13.6. The van der Waals surface area contributed by atoms with E-state index < -0.39 is 0 Å². The Bertz CT molecular complexity index is 514. The number of hydrogen-bond acceptors (Lipinski definition) is 3. The highest BCUT2D eigenvalue weighted by atomic mass is 16.5. The fraction of sp³-hybridized carbons (Fsp3) is 0.588. The molecule has 0 bridgehead atoms. The van der Waals surface area contributed by atoms with E-state index in [1.807, 2.05) is 18.2 Å². The summed E-state index contributed by atoms with van der Waals surface area (Å²) >= 11 is 0. The maximum Gasteiger partial charge on any atom is 0.317 e. The first-order valence-corrected chi connectivity index (χ1v) is 7.84. The fourth-order valence-corrected chi connectivity index (χ4v) is 2.82. The second-order valence-electron chi connectivity index (χ2n) is 6.16. The Hall–Kier alpha value is -1.75. The fourth-order valence-electron chi connectivity index (χ4n) is 2.82. The molecule has 2 rings (SSSR count). The number of likely N-dealkylation sites (tertiary alicyclic amines) is 1. The number of β-amino-alcohol motifs (C(OH)–C–C–N with tert-alkyl or cyclic N) is 1. The van der Waals surface area contributed by atoms with Crippen molar-refractivity contribution >= 4 is 6.03 Å². The van der Waals surface area contributed by atoms with Crippen LogP contribution < -0.4 is 10.1 Å². The summed E-state index contributed by atoms with van der Waals surface area (Å²) in [4.78, 5) is 13.5. The van der Waals surface area contributed by atoms with Crippen molar-refractivity contribution in [1.82, 2.24) is 10.2 Å². The van der Waals surface area contributed by atoms with E-state index in [0.717, 1.165) is 18.6 Å². The van der Waals surface area contributed by atoms with Gasteiger partial charge in [-0.2, -0.15) is 0 Å². The summed E-state index contributed by atoms with van der Waals surface area (Å²) in [6, 6.07) is 7.96. The molecule has 2 N–H and O–H groups in total. The normalized spacial score (nSPS) is 17.5. The largest absolute Gasteiger partial charge is 0.496 e. The number of aliphatic hydroxyl groups is 1. The van der Waals surface area contributed by atoms with Gasteiger partial charge in [0, 0.05) is 12.1 Å². The minimum absolute atomic E-state index is 0.0473. The number of urea groups is 1. The van der Waals surface area contributed by atoms with Crippen LogP contribution in [0.4, 0.5) is 4.79 Å². The number of amides is 2. The molecule has 5 heteroatoms. The van der Waals surface area contributed by atoms with Gasteiger partial charge in [-0.1, -0.05) is 32.0 Å². The molecule has 1 saturated heterocycles. The van der Waals surface area contributed by atoms with Gasteiger partial charge in [0.25, 0.3) is 0 Å². The Morgan fingerprint density at radius 1 is 1.45 bits per heavy atom. The van der Waals surface area contributed by atoms with E-state index in [9.17, 15) is 9.90 Å². The Kier molecular flexibility index (Phi) is 5.29. The van der Waals surface area contributed by atoms with Crippen molar-refractivity contribution < 1.29 is 14.6 Å². The number of carbonyl (C=O) groups excluding carboxylic acids is 1.